The first-order chi connectivity index (χ1) is 9.74. The van der Waals surface area contributed by atoms with Crippen LogP contribution in [0.4, 0.5) is 0 Å². The maximum atomic E-state index is 11.6. The molecule has 0 bridgehead atoms. The Morgan fingerprint density at radius 3 is 1.65 bits per heavy atom. The van der Waals surface area contributed by atoms with E-state index in [2.05, 4.69) is 10.9 Å². The van der Waals surface area contributed by atoms with E-state index in [1.165, 1.54) is 0 Å². The molecule has 0 atom stereocenters. The van der Waals surface area contributed by atoms with E-state index < -0.39 is 0 Å². The molecule has 2 rings (SSSR count). The van der Waals surface area contributed by atoms with Crippen LogP contribution in [0.1, 0.15) is 24.0 Å². The van der Waals surface area contributed by atoms with Crippen molar-refractivity contribution in [2.24, 2.45) is 0 Å². The monoisotopic (exact) mass is 308 g/mol. The summed E-state index contributed by atoms with van der Waals surface area (Å²) in [6.07, 6.45) is 2.14. The first-order valence-corrected chi connectivity index (χ1v) is 8.22. The van der Waals surface area contributed by atoms with Gasteiger partial charge in [0.05, 0.1) is 0 Å². The smallest absolute Gasteiger partial charge is 0.238 e. The summed E-state index contributed by atoms with van der Waals surface area (Å²) in [7, 11) is 0. The molecular formula is C14H16N2O2S2. The van der Waals surface area contributed by atoms with Gasteiger partial charge in [-0.25, -0.2) is 0 Å². The predicted molar refractivity (Wildman–Crippen MR) is 81.6 cm³/mol. The van der Waals surface area contributed by atoms with Crippen LogP contribution >= 0.6 is 22.7 Å². The van der Waals surface area contributed by atoms with Crippen molar-refractivity contribution in [1.29, 1.82) is 0 Å². The van der Waals surface area contributed by atoms with Crippen LogP contribution in [0.5, 0.6) is 0 Å². The molecule has 0 aromatic carbocycles. The lowest BCUT2D eigenvalue weighted by molar-refractivity contribution is -0.128. The van der Waals surface area contributed by atoms with E-state index in [0.29, 0.717) is 25.7 Å². The van der Waals surface area contributed by atoms with Crippen LogP contribution in [-0.2, 0) is 22.4 Å². The van der Waals surface area contributed by atoms with Crippen molar-refractivity contribution < 1.29 is 9.59 Å². The first-order valence-electron chi connectivity index (χ1n) is 6.34. The zero-order valence-corrected chi connectivity index (χ0v) is 12.6. The van der Waals surface area contributed by atoms with Crippen LogP contribution in [0.2, 0.25) is 0 Å². The van der Waals surface area contributed by atoms with E-state index in [-0.39, 0.29) is 11.8 Å². The minimum absolute atomic E-state index is 0.167. The van der Waals surface area contributed by atoms with Gasteiger partial charge in [-0.1, -0.05) is 0 Å². The summed E-state index contributed by atoms with van der Waals surface area (Å²) >= 11 is 3.23. The van der Waals surface area contributed by atoms with Crippen molar-refractivity contribution in [2.75, 3.05) is 0 Å². The topological polar surface area (TPSA) is 58.2 Å². The number of nitrogens with one attached hydrogen (secondary N) is 2. The van der Waals surface area contributed by atoms with Gasteiger partial charge in [0.1, 0.15) is 0 Å². The third-order valence-corrected chi connectivity index (χ3v) is 4.25. The third kappa shape index (κ3) is 5.14. The molecule has 20 heavy (non-hydrogen) atoms. The van der Waals surface area contributed by atoms with E-state index in [9.17, 15) is 9.59 Å². The second kappa shape index (κ2) is 7.81. The molecule has 4 nitrogen and oxygen atoms in total. The summed E-state index contributed by atoms with van der Waals surface area (Å²) < 4.78 is 0. The fourth-order valence-electron chi connectivity index (χ4n) is 1.65. The highest BCUT2D eigenvalue weighted by atomic mass is 32.1. The van der Waals surface area contributed by atoms with Crippen LogP contribution < -0.4 is 10.9 Å². The Kier molecular flexibility index (Phi) is 5.76. The Morgan fingerprint density at radius 2 is 1.30 bits per heavy atom. The molecule has 0 aliphatic heterocycles. The van der Waals surface area contributed by atoms with E-state index in [0.717, 1.165) is 11.1 Å². The Hall–Kier alpha value is -1.66. The van der Waals surface area contributed by atoms with Gasteiger partial charge in [0, 0.05) is 12.8 Å². The fourth-order valence-corrected chi connectivity index (χ4v) is 3.06. The van der Waals surface area contributed by atoms with Crippen LogP contribution in [0.3, 0.4) is 0 Å². The molecular weight excluding hydrogens is 292 g/mol. The van der Waals surface area contributed by atoms with Crippen molar-refractivity contribution in [1.82, 2.24) is 10.9 Å². The van der Waals surface area contributed by atoms with Crippen LogP contribution in [0.25, 0.3) is 0 Å². The van der Waals surface area contributed by atoms with Crippen molar-refractivity contribution in [3.8, 4) is 0 Å². The lowest BCUT2D eigenvalue weighted by Crippen LogP contribution is -2.41. The second-order valence-electron chi connectivity index (χ2n) is 4.36. The molecule has 106 valence electrons. The van der Waals surface area contributed by atoms with Crippen molar-refractivity contribution in [2.45, 2.75) is 25.7 Å². The Bertz CT molecular complexity index is 485. The summed E-state index contributed by atoms with van der Waals surface area (Å²) in [6, 6.07) is 3.99. The molecule has 0 spiro atoms. The molecule has 2 heterocycles. The van der Waals surface area contributed by atoms with Gasteiger partial charge in [-0.2, -0.15) is 22.7 Å². The highest BCUT2D eigenvalue weighted by Crippen LogP contribution is 2.08. The van der Waals surface area contributed by atoms with E-state index in [1.54, 1.807) is 22.7 Å². The number of hydrazine groups is 1. The lowest BCUT2D eigenvalue weighted by Gasteiger charge is -2.06. The van der Waals surface area contributed by atoms with Crippen molar-refractivity contribution >= 4 is 34.5 Å². The maximum Gasteiger partial charge on any atom is 0.238 e. The maximum absolute atomic E-state index is 11.6. The average Bonchev–Trinajstić information content (AvgIpc) is 3.13. The largest absolute Gasteiger partial charge is 0.273 e. The Balaban J connectivity index is 1.59. The standard InChI is InChI=1S/C14H16N2O2S2/c17-13(3-1-11-5-7-19-9-11)15-16-14(18)4-2-12-6-8-20-10-12/h5-10H,1-4H2,(H,15,17)(H,16,18). The van der Waals surface area contributed by atoms with E-state index in [1.807, 2.05) is 33.7 Å². The highest BCUT2D eigenvalue weighted by molar-refractivity contribution is 7.08. The van der Waals surface area contributed by atoms with Gasteiger partial charge in [0.15, 0.2) is 0 Å². The molecule has 0 aliphatic rings. The zero-order valence-electron chi connectivity index (χ0n) is 10.9. The van der Waals surface area contributed by atoms with Crippen LogP contribution in [0.15, 0.2) is 33.7 Å². The minimum Gasteiger partial charge on any atom is -0.273 e. The predicted octanol–water partition coefficient (Wildman–Crippen LogP) is 2.52. The second-order valence-corrected chi connectivity index (χ2v) is 5.92. The summed E-state index contributed by atoms with van der Waals surface area (Å²) in [5.41, 5.74) is 7.18. The molecule has 0 unspecified atom stereocenters. The van der Waals surface area contributed by atoms with E-state index in [4.69, 9.17) is 0 Å². The molecule has 0 fully saturated rings. The van der Waals surface area contributed by atoms with Crippen LogP contribution in [0, 0.1) is 0 Å². The van der Waals surface area contributed by atoms with Gasteiger partial charge in [-0.05, 0) is 57.6 Å². The Morgan fingerprint density at radius 1 is 0.850 bits per heavy atom. The van der Waals surface area contributed by atoms with Gasteiger partial charge >= 0.3 is 0 Å². The van der Waals surface area contributed by atoms with Crippen molar-refractivity contribution in [3.05, 3.63) is 44.8 Å². The molecule has 0 radical (unpaired) electrons. The molecule has 2 aromatic heterocycles. The summed E-state index contributed by atoms with van der Waals surface area (Å²) in [6.45, 7) is 0. The number of rotatable bonds is 6. The molecule has 0 saturated carbocycles. The number of thiophene rings is 2. The van der Waals surface area contributed by atoms with Gasteiger partial charge < -0.3 is 0 Å². The molecule has 2 N–H and O–H groups in total. The van der Waals surface area contributed by atoms with Gasteiger partial charge in [0.2, 0.25) is 11.8 Å². The minimum atomic E-state index is -0.167. The van der Waals surface area contributed by atoms with Crippen LogP contribution in [-0.4, -0.2) is 11.8 Å². The number of hydrogen-bond donors (Lipinski definition) is 2. The quantitative estimate of drug-likeness (QED) is 0.806. The van der Waals surface area contributed by atoms with Gasteiger partial charge in [-0.15, -0.1) is 0 Å². The zero-order chi connectivity index (χ0) is 14.2. The van der Waals surface area contributed by atoms with Gasteiger partial charge in [0.25, 0.3) is 0 Å². The lowest BCUT2D eigenvalue weighted by atomic mass is 10.2. The summed E-state index contributed by atoms with van der Waals surface area (Å²) in [5, 5.41) is 8.01. The molecule has 6 heteroatoms. The number of carbonyl (C=O) groups is 2. The fraction of sp³-hybridized carbons (Fsp3) is 0.286. The summed E-state index contributed by atoms with van der Waals surface area (Å²) in [4.78, 5) is 23.1. The summed E-state index contributed by atoms with van der Waals surface area (Å²) in [5.74, 6) is -0.333. The molecule has 0 saturated heterocycles. The number of amides is 2. The van der Waals surface area contributed by atoms with Crippen molar-refractivity contribution in [3.63, 3.8) is 0 Å². The van der Waals surface area contributed by atoms with Gasteiger partial charge in [-0.3, -0.25) is 20.4 Å². The average molecular weight is 308 g/mol. The molecule has 0 aliphatic carbocycles. The first kappa shape index (κ1) is 14.7. The number of carbonyl (C=O) groups excluding carboxylic acids is 2. The SMILES string of the molecule is O=C(CCc1ccsc1)NNC(=O)CCc1ccsc1. The third-order valence-electron chi connectivity index (χ3n) is 2.78. The van der Waals surface area contributed by atoms with E-state index >= 15 is 0 Å². The number of hydrogen-bond acceptors (Lipinski definition) is 4. The highest BCUT2D eigenvalue weighted by Gasteiger charge is 2.06. The normalized spacial score (nSPS) is 10.2. The number of aryl methyl sites for hydroxylation is 2. The molecule has 2 amide bonds. The molecule has 2 aromatic rings. The Labute approximate surface area is 125 Å².